The van der Waals surface area contributed by atoms with E-state index in [0.717, 1.165) is 13.0 Å². The lowest BCUT2D eigenvalue weighted by Crippen LogP contribution is -2.51. The number of carboxylic acid groups (broad SMARTS) is 1. The summed E-state index contributed by atoms with van der Waals surface area (Å²) in [6.45, 7) is 6.04. The van der Waals surface area contributed by atoms with Crippen LogP contribution in [0.3, 0.4) is 0 Å². The zero-order valence-corrected chi connectivity index (χ0v) is 12.6. The van der Waals surface area contributed by atoms with Gasteiger partial charge in [0.25, 0.3) is 0 Å². The van der Waals surface area contributed by atoms with E-state index in [1.54, 1.807) is 4.90 Å². The first-order chi connectivity index (χ1) is 10.0. The minimum Gasteiger partial charge on any atom is -0.481 e. The van der Waals surface area contributed by atoms with Gasteiger partial charge in [-0.2, -0.15) is 0 Å². The summed E-state index contributed by atoms with van der Waals surface area (Å²) in [4.78, 5) is 25.1. The molecule has 2 rings (SSSR count). The molecular weight excluding hydrogens is 276 g/mol. The van der Waals surface area contributed by atoms with Crippen LogP contribution in [0.2, 0.25) is 0 Å². The zero-order valence-electron chi connectivity index (χ0n) is 12.6. The van der Waals surface area contributed by atoms with E-state index < -0.39 is 17.9 Å². The number of hydrogen-bond acceptors (Lipinski definition) is 4. The molecule has 2 heterocycles. The van der Waals surface area contributed by atoms with Crippen molar-refractivity contribution in [2.75, 3.05) is 32.9 Å². The van der Waals surface area contributed by atoms with E-state index in [1.807, 2.05) is 13.8 Å². The number of carbonyl (C=O) groups excluding carboxylic acids is 1. The van der Waals surface area contributed by atoms with Gasteiger partial charge in [0.15, 0.2) is 0 Å². The molecule has 2 N–H and O–H groups in total. The van der Waals surface area contributed by atoms with Crippen molar-refractivity contribution < 1.29 is 24.2 Å². The Kier molecular flexibility index (Phi) is 5.41. The van der Waals surface area contributed by atoms with E-state index in [0.29, 0.717) is 19.0 Å². The van der Waals surface area contributed by atoms with Crippen LogP contribution in [0.4, 0.5) is 4.79 Å². The Morgan fingerprint density at radius 1 is 1.38 bits per heavy atom. The smallest absolute Gasteiger partial charge is 0.317 e. The molecule has 0 spiro atoms. The molecule has 0 aliphatic carbocycles. The number of carbonyl (C=O) groups is 2. The minimum absolute atomic E-state index is 0.155. The highest BCUT2D eigenvalue weighted by molar-refractivity contribution is 5.77. The summed E-state index contributed by atoms with van der Waals surface area (Å²) in [5.41, 5.74) is 0. The van der Waals surface area contributed by atoms with Crippen LogP contribution in [-0.4, -0.2) is 67.1 Å². The van der Waals surface area contributed by atoms with Crippen molar-refractivity contribution in [3.63, 3.8) is 0 Å². The quantitative estimate of drug-likeness (QED) is 0.774. The van der Waals surface area contributed by atoms with Gasteiger partial charge in [-0.3, -0.25) is 4.79 Å². The van der Waals surface area contributed by atoms with Crippen LogP contribution in [0.25, 0.3) is 0 Å². The summed E-state index contributed by atoms with van der Waals surface area (Å²) in [6.07, 6.45) is 1.10. The summed E-state index contributed by atoms with van der Waals surface area (Å²) >= 11 is 0. The van der Waals surface area contributed by atoms with Gasteiger partial charge in [0, 0.05) is 25.6 Å². The van der Waals surface area contributed by atoms with Crippen molar-refractivity contribution in [2.45, 2.75) is 32.4 Å². The van der Waals surface area contributed by atoms with Crippen LogP contribution in [0, 0.1) is 11.8 Å². The van der Waals surface area contributed by atoms with Gasteiger partial charge in [0.05, 0.1) is 25.4 Å². The van der Waals surface area contributed by atoms with Gasteiger partial charge < -0.3 is 24.8 Å². The summed E-state index contributed by atoms with van der Waals surface area (Å²) in [6, 6.07) is -0.622. The molecule has 120 valence electrons. The molecule has 7 heteroatoms. The van der Waals surface area contributed by atoms with Gasteiger partial charge in [-0.25, -0.2) is 4.79 Å². The van der Waals surface area contributed by atoms with Crippen molar-refractivity contribution in [1.82, 2.24) is 10.2 Å². The lowest BCUT2D eigenvalue weighted by Gasteiger charge is -2.30. The van der Waals surface area contributed by atoms with Crippen LogP contribution in [0.5, 0.6) is 0 Å². The maximum Gasteiger partial charge on any atom is 0.317 e. The summed E-state index contributed by atoms with van der Waals surface area (Å²) in [5, 5.41) is 12.1. The molecule has 2 amide bonds. The third-order valence-corrected chi connectivity index (χ3v) is 4.42. The second kappa shape index (κ2) is 7.09. The van der Waals surface area contributed by atoms with E-state index in [-0.39, 0.29) is 25.3 Å². The standard InChI is InChI=1S/C14H24N2O5/c1-3-16(12-8-20-7-11(12)13(17)18)14(19)15-6-10-4-5-21-9(10)2/h9-12H,3-8H2,1-2H3,(H,15,19)(H,17,18). The number of nitrogens with one attached hydrogen (secondary N) is 1. The molecule has 2 aliphatic heterocycles. The number of likely N-dealkylation sites (N-methyl/N-ethyl adjacent to an activating group) is 1. The molecule has 2 saturated heterocycles. The lowest BCUT2D eigenvalue weighted by molar-refractivity contribution is -0.142. The molecule has 2 aliphatic rings. The zero-order chi connectivity index (χ0) is 15.4. The van der Waals surface area contributed by atoms with Crippen LogP contribution < -0.4 is 5.32 Å². The Bertz CT molecular complexity index is 390. The van der Waals surface area contributed by atoms with Gasteiger partial charge in [-0.05, 0) is 20.3 Å². The van der Waals surface area contributed by atoms with Crippen molar-refractivity contribution in [1.29, 1.82) is 0 Å². The van der Waals surface area contributed by atoms with Crippen molar-refractivity contribution in [3.05, 3.63) is 0 Å². The van der Waals surface area contributed by atoms with Crippen LogP contribution in [0.1, 0.15) is 20.3 Å². The number of hydrogen-bond donors (Lipinski definition) is 2. The van der Waals surface area contributed by atoms with Crippen LogP contribution in [0.15, 0.2) is 0 Å². The molecule has 4 atom stereocenters. The molecule has 21 heavy (non-hydrogen) atoms. The summed E-state index contributed by atoms with van der Waals surface area (Å²) < 4.78 is 10.7. The van der Waals surface area contributed by atoms with Crippen LogP contribution >= 0.6 is 0 Å². The number of amides is 2. The Labute approximate surface area is 124 Å². The molecule has 4 unspecified atom stereocenters. The van der Waals surface area contributed by atoms with Crippen molar-refractivity contribution in [3.8, 4) is 0 Å². The highest BCUT2D eigenvalue weighted by atomic mass is 16.5. The maximum atomic E-state index is 12.3. The molecular formula is C14H24N2O5. The van der Waals surface area contributed by atoms with E-state index >= 15 is 0 Å². The van der Waals surface area contributed by atoms with Gasteiger partial charge in [-0.15, -0.1) is 0 Å². The average Bonchev–Trinajstić information content (AvgIpc) is 3.06. The molecule has 0 aromatic heterocycles. The summed E-state index contributed by atoms with van der Waals surface area (Å²) in [7, 11) is 0. The first-order valence-corrected chi connectivity index (χ1v) is 7.51. The minimum atomic E-state index is -0.915. The number of aliphatic carboxylic acids is 1. The normalized spacial score (nSPS) is 32.1. The van der Waals surface area contributed by atoms with Gasteiger partial charge in [-0.1, -0.05) is 0 Å². The second-order valence-corrected chi connectivity index (χ2v) is 5.65. The highest BCUT2D eigenvalue weighted by Crippen LogP contribution is 2.21. The van der Waals surface area contributed by atoms with E-state index in [2.05, 4.69) is 5.32 Å². The highest BCUT2D eigenvalue weighted by Gasteiger charge is 2.39. The van der Waals surface area contributed by atoms with Gasteiger partial charge >= 0.3 is 12.0 Å². The molecule has 0 aromatic carbocycles. The number of urea groups is 1. The third-order valence-electron chi connectivity index (χ3n) is 4.42. The topological polar surface area (TPSA) is 88.1 Å². The second-order valence-electron chi connectivity index (χ2n) is 5.65. The van der Waals surface area contributed by atoms with E-state index in [1.165, 1.54) is 0 Å². The van der Waals surface area contributed by atoms with Crippen molar-refractivity contribution >= 4 is 12.0 Å². The number of carboxylic acids is 1. The monoisotopic (exact) mass is 300 g/mol. The summed E-state index contributed by atoms with van der Waals surface area (Å²) in [5.74, 6) is -1.24. The molecule has 0 radical (unpaired) electrons. The van der Waals surface area contributed by atoms with Gasteiger partial charge in [0.2, 0.25) is 0 Å². The Morgan fingerprint density at radius 2 is 2.14 bits per heavy atom. The molecule has 0 bridgehead atoms. The fourth-order valence-electron chi connectivity index (χ4n) is 2.98. The predicted molar refractivity (Wildman–Crippen MR) is 75.0 cm³/mol. The fraction of sp³-hybridized carbons (Fsp3) is 0.857. The SMILES string of the molecule is CCN(C(=O)NCC1CCOC1C)C1COCC1C(=O)O. The molecule has 2 fully saturated rings. The first kappa shape index (κ1) is 16.0. The fourth-order valence-corrected chi connectivity index (χ4v) is 2.98. The van der Waals surface area contributed by atoms with Crippen molar-refractivity contribution in [2.24, 2.45) is 11.8 Å². The number of nitrogens with zero attached hydrogens (tertiary/aromatic N) is 1. The van der Waals surface area contributed by atoms with E-state index in [9.17, 15) is 14.7 Å². The Morgan fingerprint density at radius 3 is 2.71 bits per heavy atom. The Balaban J connectivity index is 1.90. The average molecular weight is 300 g/mol. The third kappa shape index (κ3) is 3.65. The van der Waals surface area contributed by atoms with E-state index in [4.69, 9.17) is 9.47 Å². The van der Waals surface area contributed by atoms with Crippen LogP contribution in [-0.2, 0) is 14.3 Å². The first-order valence-electron chi connectivity index (χ1n) is 7.51. The predicted octanol–water partition coefficient (Wildman–Crippen LogP) is 0.543. The Hall–Kier alpha value is -1.34. The largest absolute Gasteiger partial charge is 0.481 e. The molecule has 0 saturated carbocycles. The number of ether oxygens (including phenoxy) is 2. The molecule has 0 aromatic rings. The van der Waals surface area contributed by atoms with Gasteiger partial charge in [0.1, 0.15) is 5.92 Å². The number of rotatable bonds is 5. The maximum absolute atomic E-state index is 12.3. The molecule has 7 nitrogen and oxygen atoms in total. The lowest BCUT2D eigenvalue weighted by atomic mass is 10.0.